The van der Waals surface area contributed by atoms with Crippen molar-refractivity contribution in [3.63, 3.8) is 0 Å². The predicted molar refractivity (Wildman–Crippen MR) is 123 cm³/mol. The molecule has 162 valence electrons. The number of rotatable bonds is 7. The Labute approximate surface area is 184 Å². The first-order valence-electron chi connectivity index (χ1n) is 10.4. The van der Waals surface area contributed by atoms with Gasteiger partial charge in [0.25, 0.3) is 0 Å². The molecule has 0 N–H and O–H groups in total. The Hall–Kier alpha value is -3.73. The van der Waals surface area contributed by atoms with Gasteiger partial charge in [-0.25, -0.2) is 13.6 Å². The molecule has 3 nitrogen and oxygen atoms in total. The van der Waals surface area contributed by atoms with Crippen LogP contribution in [0, 0.1) is 11.6 Å². The molecule has 0 aliphatic rings. The summed E-state index contributed by atoms with van der Waals surface area (Å²) in [4.78, 5) is 12.5. The van der Waals surface area contributed by atoms with Gasteiger partial charge in [-0.3, -0.25) is 0 Å². The molecule has 32 heavy (non-hydrogen) atoms. The summed E-state index contributed by atoms with van der Waals surface area (Å²) >= 11 is 0. The topological polar surface area (TPSA) is 39.4 Å². The van der Waals surface area contributed by atoms with Gasteiger partial charge in [-0.2, -0.15) is 0 Å². The highest BCUT2D eigenvalue weighted by Crippen LogP contribution is 2.30. The van der Waals surface area contributed by atoms with Crippen molar-refractivity contribution in [3.05, 3.63) is 101 Å². The minimum atomic E-state index is -0.766. The zero-order chi connectivity index (χ0) is 22.7. The van der Waals surface area contributed by atoms with E-state index < -0.39 is 11.4 Å². The lowest BCUT2D eigenvalue weighted by Crippen LogP contribution is -2.05. The fourth-order valence-electron chi connectivity index (χ4n) is 3.64. The van der Waals surface area contributed by atoms with E-state index in [-0.39, 0.29) is 17.0 Å². The van der Waals surface area contributed by atoms with Crippen molar-refractivity contribution < 1.29 is 17.9 Å². The Bertz CT molecular complexity index is 1340. The number of hydrogen-bond donors (Lipinski definition) is 0. The number of ether oxygens (including phenoxy) is 1. The van der Waals surface area contributed by atoms with Gasteiger partial charge in [0.2, 0.25) is 0 Å². The van der Waals surface area contributed by atoms with Gasteiger partial charge in [-0.15, -0.1) is 6.58 Å². The Morgan fingerprint density at radius 3 is 2.38 bits per heavy atom. The third kappa shape index (κ3) is 4.19. The summed E-state index contributed by atoms with van der Waals surface area (Å²) < 4.78 is 39.6. The lowest BCUT2D eigenvalue weighted by Gasteiger charge is -2.09. The summed E-state index contributed by atoms with van der Waals surface area (Å²) in [6.45, 7) is 5.70. The van der Waals surface area contributed by atoms with E-state index >= 15 is 0 Å². The molecule has 0 spiro atoms. The smallest absolute Gasteiger partial charge is 0.347 e. The number of halogens is 2. The van der Waals surface area contributed by atoms with Gasteiger partial charge in [-0.1, -0.05) is 48.5 Å². The second-order valence-electron chi connectivity index (χ2n) is 7.38. The number of fused-ring (bicyclic) bond motifs is 1. The molecular formula is C27H22F2O3. The minimum absolute atomic E-state index is 0.0205. The molecule has 5 heteroatoms. The standard InChI is InChI=1S/C27H22F2O3/c1-3-5-6-18-9-12-20(15-22(18)28)17-7-10-19(11-8-17)24-16-21-13-14-23(31-4-2)26(29)25(21)27(30)32-24/h3,7-16H,1,4-6H2,2H3. The van der Waals surface area contributed by atoms with Crippen molar-refractivity contribution in [2.45, 2.75) is 19.8 Å². The van der Waals surface area contributed by atoms with E-state index in [0.29, 0.717) is 35.3 Å². The average Bonchev–Trinajstić information content (AvgIpc) is 2.80. The second-order valence-corrected chi connectivity index (χ2v) is 7.38. The fraction of sp³-hybridized carbons (Fsp3) is 0.148. The number of aryl methyl sites for hydroxylation is 1. The Kier molecular flexibility index (Phi) is 6.17. The van der Waals surface area contributed by atoms with Crippen LogP contribution in [0.3, 0.4) is 0 Å². The lowest BCUT2D eigenvalue weighted by atomic mass is 9.99. The molecule has 1 heterocycles. The lowest BCUT2D eigenvalue weighted by molar-refractivity contribution is 0.323. The molecule has 0 aliphatic heterocycles. The van der Waals surface area contributed by atoms with E-state index in [1.807, 2.05) is 18.2 Å². The number of benzene rings is 3. The fourth-order valence-corrected chi connectivity index (χ4v) is 3.64. The molecule has 0 amide bonds. The van der Waals surface area contributed by atoms with Gasteiger partial charge in [-0.05, 0) is 60.0 Å². The van der Waals surface area contributed by atoms with E-state index in [2.05, 4.69) is 6.58 Å². The van der Waals surface area contributed by atoms with Crippen molar-refractivity contribution in [2.75, 3.05) is 6.61 Å². The van der Waals surface area contributed by atoms with Crippen molar-refractivity contribution in [1.82, 2.24) is 0 Å². The summed E-state index contributed by atoms with van der Waals surface area (Å²) in [7, 11) is 0. The first kappa shape index (κ1) is 21.5. The van der Waals surface area contributed by atoms with Crippen LogP contribution in [-0.4, -0.2) is 6.61 Å². The van der Waals surface area contributed by atoms with Crippen molar-refractivity contribution in [2.24, 2.45) is 0 Å². The maximum absolute atomic E-state index is 14.6. The summed E-state index contributed by atoms with van der Waals surface area (Å²) in [6.07, 6.45) is 3.10. The maximum Gasteiger partial charge on any atom is 0.347 e. The molecule has 0 bridgehead atoms. The molecule has 0 fully saturated rings. The molecular weight excluding hydrogens is 410 g/mol. The monoisotopic (exact) mass is 432 g/mol. The van der Waals surface area contributed by atoms with Crippen LogP contribution < -0.4 is 10.4 Å². The Morgan fingerprint density at radius 1 is 0.969 bits per heavy atom. The SMILES string of the molecule is C=CCCc1ccc(-c2ccc(-c3cc4ccc(OCC)c(F)c4c(=O)o3)cc2)cc1F. The van der Waals surface area contributed by atoms with E-state index in [1.165, 1.54) is 12.1 Å². The highest BCUT2D eigenvalue weighted by Gasteiger charge is 2.15. The second kappa shape index (κ2) is 9.18. The average molecular weight is 432 g/mol. The van der Waals surface area contributed by atoms with Gasteiger partial charge in [0.1, 0.15) is 17.0 Å². The maximum atomic E-state index is 14.6. The van der Waals surface area contributed by atoms with Gasteiger partial charge < -0.3 is 9.15 Å². The molecule has 4 aromatic rings. The molecule has 3 aromatic carbocycles. The zero-order valence-corrected chi connectivity index (χ0v) is 17.7. The van der Waals surface area contributed by atoms with Crippen LogP contribution in [0.2, 0.25) is 0 Å². The van der Waals surface area contributed by atoms with Crippen LogP contribution in [0.25, 0.3) is 33.2 Å². The quantitative estimate of drug-likeness (QED) is 0.298. The van der Waals surface area contributed by atoms with E-state index in [9.17, 15) is 13.6 Å². The van der Waals surface area contributed by atoms with Crippen molar-refractivity contribution >= 4 is 10.8 Å². The van der Waals surface area contributed by atoms with Crippen LogP contribution in [0.15, 0.2) is 82.5 Å². The third-order valence-corrected chi connectivity index (χ3v) is 5.31. The minimum Gasteiger partial charge on any atom is -0.491 e. The van der Waals surface area contributed by atoms with Crippen LogP contribution in [0.4, 0.5) is 8.78 Å². The number of allylic oxidation sites excluding steroid dienone is 1. The van der Waals surface area contributed by atoms with Crippen LogP contribution >= 0.6 is 0 Å². The molecule has 0 saturated carbocycles. The third-order valence-electron chi connectivity index (χ3n) is 5.31. The Balaban J connectivity index is 1.66. The zero-order valence-electron chi connectivity index (χ0n) is 17.7. The summed E-state index contributed by atoms with van der Waals surface area (Å²) in [6, 6.07) is 17.2. The first-order chi connectivity index (χ1) is 15.5. The van der Waals surface area contributed by atoms with Gasteiger partial charge in [0, 0.05) is 5.56 Å². The molecule has 4 rings (SSSR count). The van der Waals surface area contributed by atoms with E-state index in [4.69, 9.17) is 9.15 Å². The molecule has 0 aliphatic carbocycles. The van der Waals surface area contributed by atoms with Crippen molar-refractivity contribution in [3.8, 4) is 28.2 Å². The number of hydrogen-bond acceptors (Lipinski definition) is 3. The van der Waals surface area contributed by atoms with E-state index in [1.54, 1.807) is 43.3 Å². The molecule has 1 aromatic heterocycles. The highest BCUT2D eigenvalue weighted by molar-refractivity contribution is 5.86. The van der Waals surface area contributed by atoms with Crippen LogP contribution in [-0.2, 0) is 6.42 Å². The Morgan fingerprint density at radius 2 is 1.69 bits per heavy atom. The predicted octanol–water partition coefficient (Wildman–Crippen LogP) is 6.92. The molecule has 0 saturated heterocycles. The molecule has 0 atom stereocenters. The normalized spacial score (nSPS) is 11.0. The molecule has 0 unspecified atom stereocenters. The van der Waals surface area contributed by atoms with E-state index in [0.717, 1.165) is 17.5 Å². The largest absolute Gasteiger partial charge is 0.491 e. The van der Waals surface area contributed by atoms with Gasteiger partial charge in [0.15, 0.2) is 11.6 Å². The highest BCUT2D eigenvalue weighted by atomic mass is 19.1. The summed E-state index contributed by atoms with van der Waals surface area (Å²) in [5.41, 5.74) is 2.13. The van der Waals surface area contributed by atoms with Gasteiger partial charge in [0.05, 0.1) is 6.61 Å². The van der Waals surface area contributed by atoms with Gasteiger partial charge >= 0.3 is 5.63 Å². The summed E-state index contributed by atoms with van der Waals surface area (Å²) in [5, 5.41) is 0.293. The summed E-state index contributed by atoms with van der Waals surface area (Å²) in [5.74, 6) is -0.628. The van der Waals surface area contributed by atoms with Crippen molar-refractivity contribution in [1.29, 1.82) is 0 Å². The molecule has 0 radical (unpaired) electrons. The van der Waals surface area contributed by atoms with Crippen LogP contribution in [0.1, 0.15) is 18.9 Å². The first-order valence-corrected chi connectivity index (χ1v) is 10.4. The van der Waals surface area contributed by atoms with Crippen LogP contribution in [0.5, 0.6) is 5.75 Å².